The number of carbonyl (C=O) groups is 2. The lowest BCUT2D eigenvalue weighted by Crippen LogP contribution is -2.51. The SMILES string of the molecule is O=C(O)[C@@H](CCO)NC(=O)N1CCC(OCCO)CC1. The summed E-state index contributed by atoms with van der Waals surface area (Å²) in [4.78, 5) is 24.3. The van der Waals surface area contributed by atoms with Crippen LogP contribution in [0.1, 0.15) is 19.3 Å². The van der Waals surface area contributed by atoms with Gasteiger partial charge in [0, 0.05) is 26.1 Å². The number of carboxylic acid groups (broad SMARTS) is 1. The molecule has 4 N–H and O–H groups in total. The number of urea groups is 1. The molecule has 1 aliphatic heterocycles. The minimum absolute atomic E-state index is 0.0167. The van der Waals surface area contributed by atoms with Crippen molar-refractivity contribution in [1.82, 2.24) is 10.2 Å². The van der Waals surface area contributed by atoms with Crippen LogP contribution in [0.5, 0.6) is 0 Å². The maximum absolute atomic E-state index is 11.9. The molecule has 0 unspecified atom stereocenters. The third-order valence-corrected chi connectivity index (χ3v) is 3.19. The normalized spacial score (nSPS) is 17.8. The molecule has 1 fully saturated rings. The number of hydrogen-bond donors (Lipinski definition) is 4. The van der Waals surface area contributed by atoms with Crippen LogP contribution in [0.4, 0.5) is 4.79 Å². The summed E-state index contributed by atoms with van der Waals surface area (Å²) in [7, 11) is 0. The van der Waals surface area contributed by atoms with Crippen molar-refractivity contribution in [3.8, 4) is 0 Å². The Morgan fingerprint density at radius 3 is 2.40 bits per heavy atom. The number of piperidine rings is 1. The smallest absolute Gasteiger partial charge is 0.326 e. The van der Waals surface area contributed by atoms with Gasteiger partial charge in [0.1, 0.15) is 6.04 Å². The molecule has 8 nitrogen and oxygen atoms in total. The molecule has 0 bridgehead atoms. The maximum atomic E-state index is 11.9. The Hall–Kier alpha value is -1.38. The van der Waals surface area contributed by atoms with Gasteiger partial charge in [0.2, 0.25) is 0 Å². The van der Waals surface area contributed by atoms with Crippen molar-refractivity contribution in [3.63, 3.8) is 0 Å². The van der Waals surface area contributed by atoms with Gasteiger partial charge in [-0.1, -0.05) is 0 Å². The number of nitrogens with one attached hydrogen (secondary N) is 1. The minimum Gasteiger partial charge on any atom is -0.480 e. The molecule has 0 saturated carbocycles. The van der Waals surface area contributed by atoms with E-state index in [4.69, 9.17) is 20.1 Å². The monoisotopic (exact) mass is 290 g/mol. The van der Waals surface area contributed by atoms with E-state index in [9.17, 15) is 9.59 Å². The average molecular weight is 290 g/mol. The van der Waals surface area contributed by atoms with Crippen LogP contribution in [0.2, 0.25) is 0 Å². The van der Waals surface area contributed by atoms with E-state index in [1.54, 1.807) is 0 Å². The van der Waals surface area contributed by atoms with Crippen molar-refractivity contribution in [3.05, 3.63) is 0 Å². The molecule has 1 heterocycles. The average Bonchev–Trinajstić information content (AvgIpc) is 2.45. The van der Waals surface area contributed by atoms with Crippen molar-refractivity contribution in [2.24, 2.45) is 0 Å². The van der Waals surface area contributed by atoms with Crippen LogP contribution >= 0.6 is 0 Å². The summed E-state index contributed by atoms with van der Waals surface area (Å²) in [5.41, 5.74) is 0. The topological polar surface area (TPSA) is 119 Å². The first kappa shape index (κ1) is 16.7. The van der Waals surface area contributed by atoms with Gasteiger partial charge in [0.05, 0.1) is 19.3 Å². The molecule has 20 heavy (non-hydrogen) atoms. The zero-order valence-electron chi connectivity index (χ0n) is 11.3. The molecule has 2 amide bonds. The van der Waals surface area contributed by atoms with E-state index in [2.05, 4.69) is 5.32 Å². The molecule has 0 radical (unpaired) electrons. The number of ether oxygens (including phenoxy) is 1. The van der Waals surface area contributed by atoms with Crippen LogP contribution in [0.15, 0.2) is 0 Å². The van der Waals surface area contributed by atoms with E-state index in [1.807, 2.05) is 0 Å². The molecule has 8 heteroatoms. The van der Waals surface area contributed by atoms with Gasteiger partial charge < -0.3 is 30.3 Å². The third kappa shape index (κ3) is 5.32. The molecular weight excluding hydrogens is 268 g/mol. The van der Waals surface area contributed by atoms with E-state index in [0.717, 1.165) is 0 Å². The quantitative estimate of drug-likeness (QED) is 0.478. The number of rotatable bonds is 7. The second-order valence-electron chi connectivity index (χ2n) is 4.63. The highest BCUT2D eigenvalue weighted by Crippen LogP contribution is 2.13. The van der Waals surface area contributed by atoms with Gasteiger partial charge >= 0.3 is 12.0 Å². The molecule has 1 rings (SSSR count). The molecule has 0 aromatic rings. The number of aliphatic carboxylic acids is 1. The Morgan fingerprint density at radius 2 is 1.90 bits per heavy atom. The summed E-state index contributed by atoms with van der Waals surface area (Å²) in [6.45, 7) is 0.922. The molecule has 0 aromatic carbocycles. The van der Waals surface area contributed by atoms with Crippen molar-refractivity contribution in [1.29, 1.82) is 0 Å². The fraction of sp³-hybridized carbons (Fsp3) is 0.833. The summed E-state index contributed by atoms with van der Waals surface area (Å²) >= 11 is 0. The Labute approximate surface area is 117 Å². The van der Waals surface area contributed by atoms with Crippen LogP contribution in [0.3, 0.4) is 0 Å². The lowest BCUT2D eigenvalue weighted by atomic mass is 10.1. The van der Waals surface area contributed by atoms with E-state index in [0.29, 0.717) is 25.9 Å². The van der Waals surface area contributed by atoms with Crippen molar-refractivity contribution < 1.29 is 29.6 Å². The summed E-state index contributed by atoms with van der Waals surface area (Å²) in [5, 5.41) is 28.7. The van der Waals surface area contributed by atoms with E-state index in [1.165, 1.54) is 4.90 Å². The summed E-state index contributed by atoms with van der Waals surface area (Å²) in [6.07, 6.45) is 1.33. The van der Waals surface area contributed by atoms with Crippen LogP contribution in [-0.4, -0.2) is 77.3 Å². The highest BCUT2D eigenvalue weighted by Gasteiger charge is 2.26. The highest BCUT2D eigenvalue weighted by atomic mass is 16.5. The molecule has 1 saturated heterocycles. The number of carboxylic acids is 1. The van der Waals surface area contributed by atoms with E-state index < -0.39 is 18.0 Å². The number of amides is 2. The number of nitrogens with zero attached hydrogens (tertiary/aromatic N) is 1. The fourth-order valence-corrected chi connectivity index (χ4v) is 2.07. The largest absolute Gasteiger partial charge is 0.480 e. The Kier molecular flexibility index (Phi) is 7.27. The number of carbonyl (C=O) groups excluding carboxylic acids is 1. The number of likely N-dealkylation sites (tertiary alicyclic amines) is 1. The van der Waals surface area contributed by atoms with Gasteiger partial charge in [-0.25, -0.2) is 9.59 Å². The second-order valence-corrected chi connectivity index (χ2v) is 4.63. The molecule has 116 valence electrons. The lowest BCUT2D eigenvalue weighted by molar-refractivity contribution is -0.139. The standard InChI is InChI=1S/C12H22N2O6/c15-6-3-10(11(17)18)13-12(19)14-4-1-9(2-5-14)20-8-7-16/h9-10,15-16H,1-8H2,(H,13,19)(H,17,18)/t10-/m1/s1. The van der Waals surface area contributed by atoms with Gasteiger partial charge in [-0.15, -0.1) is 0 Å². The number of aliphatic hydroxyl groups excluding tert-OH is 2. The third-order valence-electron chi connectivity index (χ3n) is 3.19. The van der Waals surface area contributed by atoms with Gasteiger partial charge in [-0.3, -0.25) is 0 Å². The van der Waals surface area contributed by atoms with Crippen molar-refractivity contribution in [2.45, 2.75) is 31.4 Å². The maximum Gasteiger partial charge on any atom is 0.326 e. The molecule has 0 spiro atoms. The Morgan fingerprint density at radius 1 is 1.25 bits per heavy atom. The Balaban J connectivity index is 2.36. The van der Waals surface area contributed by atoms with E-state index >= 15 is 0 Å². The predicted molar refractivity (Wildman–Crippen MR) is 69.3 cm³/mol. The van der Waals surface area contributed by atoms with Crippen LogP contribution in [0.25, 0.3) is 0 Å². The van der Waals surface area contributed by atoms with Crippen LogP contribution < -0.4 is 5.32 Å². The molecule has 0 aromatic heterocycles. The highest BCUT2D eigenvalue weighted by molar-refractivity contribution is 5.82. The van der Waals surface area contributed by atoms with Crippen LogP contribution in [-0.2, 0) is 9.53 Å². The first-order valence-electron chi connectivity index (χ1n) is 6.70. The van der Waals surface area contributed by atoms with Crippen molar-refractivity contribution in [2.75, 3.05) is 32.9 Å². The predicted octanol–water partition coefficient (Wildman–Crippen LogP) is -0.995. The minimum atomic E-state index is -1.16. The van der Waals surface area contributed by atoms with Gasteiger partial charge in [0.15, 0.2) is 0 Å². The summed E-state index contributed by atoms with van der Waals surface area (Å²) < 4.78 is 5.38. The molecule has 0 aliphatic carbocycles. The number of aliphatic hydroxyl groups is 2. The fourth-order valence-electron chi connectivity index (χ4n) is 2.07. The summed E-state index contributed by atoms with van der Waals surface area (Å²) in [6, 6.07) is -1.51. The first-order valence-corrected chi connectivity index (χ1v) is 6.70. The van der Waals surface area contributed by atoms with Crippen LogP contribution in [0, 0.1) is 0 Å². The lowest BCUT2D eigenvalue weighted by Gasteiger charge is -2.32. The van der Waals surface area contributed by atoms with Gasteiger partial charge in [0.25, 0.3) is 0 Å². The zero-order valence-corrected chi connectivity index (χ0v) is 11.3. The van der Waals surface area contributed by atoms with Gasteiger partial charge in [-0.05, 0) is 12.8 Å². The Bertz CT molecular complexity index is 317. The molecule has 1 atom stereocenters. The molecular formula is C12H22N2O6. The van der Waals surface area contributed by atoms with Gasteiger partial charge in [-0.2, -0.15) is 0 Å². The van der Waals surface area contributed by atoms with Crippen molar-refractivity contribution >= 4 is 12.0 Å². The van der Waals surface area contributed by atoms with E-state index in [-0.39, 0.29) is 32.3 Å². The number of hydrogen-bond acceptors (Lipinski definition) is 5. The molecule has 1 aliphatic rings. The summed E-state index contributed by atoms with van der Waals surface area (Å²) in [5.74, 6) is -1.16. The first-order chi connectivity index (χ1) is 9.58. The second kappa shape index (κ2) is 8.72. The zero-order chi connectivity index (χ0) is 15.0.